The van der Waals surface area contributed by atoms with Crippen LogP contribution in [0, 0.1) is 0 Å². The molecule has 0 spiro atoms. The first-order chi connectivity index (χ1) is 20.0. The van der Waals surface area contributed by atoms with Gasteiger partial charge in [-0.3, -0.25) is 9.80 Å². The fraction of sp³-hybridized carbons (Fsp3) is 0.441. The Morgan fingerprint density at radius 3 is 1.85 bits per heavy atom. The second kappa shape index (κ2) is 11.1. The predicted molar refractivity (Wildman–Crippen MR) is 169 cm³/mol. The zero-order valence-corrected chi connectivity index (χ0v) is 24.7. The number of hydrogen-bond donors (Lipinski definition) is 0. The molecule has 0 bridgehead atoms. The molecule has 1 aromatic heterocycles. The van der Waals surface area contributed by atoms with Crippen LogP contribution in [0.1, 0.15) is 13.8 Å². The number of fused-ring (bicyclic) bond motifs is 1. The van der Waals surface area contributed by atoms with Gasteiger partial charge in [-0.25, -0.2) is 4.98 Å². The quantitative estimate of drug-likeness (QED) is 0.338. The number of aromatic nitrogens is 2. The van der Waals surface area contributed by atoms with E-state index in [-0.39, 0.29) is 0 Å². The van der Waals surface area contributed by atoms with E-state index in [4.69, 9.17) is 9.72 Å². The molecule has 0 atom stereocenters. The van der Waals surface area contributed by atoms with Crippen molar-refractivity contribution in [3.8, 4) is 22.3 Å². The van der Waals surface area contributed by atoms with Crippen LogP contribution in [0.15, 0.2) is 67.0 Å². The Kier molecular flexibility index (Phi) is 7.19. The first kappa shape index (κ1) is 26.5. The summed E-state index contributed by atoms with van der Waals surface area (Å²) in [5.74, 6) is 0. The number of piperazine rings is 2. The van der Waals surface area contributed by atoms with Crippen molar-refractivity contribution in [2.45, 2.75) is 25.9 Å². The van der Waals surface area contributed by atoms with Crippen molar-refractivity contribution in [3.63, 3.8) is 0 Å². The summed E-state index contributed by atoms with van der Waals surface area (Å²) < 4.78 is 7.53. The molecule has 4 heterocycles. The fourth-order valence-corrected chi connectivity index (χ4v) is 6.61. The number of anilines is 2. The lowest BCUT2D eigenvalue weighted by Crippen LogP contribution is -2.56. The van der Waals surface area contributed by atoms with Crippen LogP contribution in [0.3, 0.4) is 0 Å². The zero-order valence-electron chi connectivity index (χ0n) is 24.7. The number of aryl methyl sites for hydroxylation is 1. The van der Waals surface area contributed by atoms with Gasteiger partial charge in [0.1, 0.15) is 0 Å². The van der Waals surface area contributed by atoms with Crippen molar-refractivity contribution < 1.29 is 4.74 Å². The molecule has 0 N–H and O–H groups in total. The minimum Gasteiger partial charge on any atom is -0.378 e. The van der Waals surface area contributed by atoms with Gasteiger partial charge in [-0.1, -0.05) is 24.3 Å². The molecule has 7 heteroatoms. The molecule has 214 valence electrons. The molecule has 3 aliphatic heterocycles. The summed E-state index contributed by atoms with van der Waals surface area (Å²) in [6, 6.07) is 24.1. The molecule has 41 heavy (non-hydrogen) atoms. The van der Waals surface area contributed by atoms with Crippen molar-refractivity contribution in [1.29, 1.82) is 0 Å². The second-order valence-electron chi connectivity index (χ2n) is 12.2. The summed E-state index contributed by atoms with van der Waals surface area (Å²) in [4.78, 5) is 15.0. The van der Waals surface area contributed by atoms with Crippen LogP contribution in [0.25, 0.3) is 33.3 Å². The third-order valence-corrected chi connectivity index (χ3v) is 9.43. The Labute approximate surface area is 243 Å². The van der Waals surface area contributed by atoms with Gasteiger partial charge in [0.25, 0.3) is 0 Å². The van der Waals surface area contributed by atoms with Gasteiger partial charge >= 0.3 is 0 Å². The molecule has 3 aromatic carbocycles. The van der Waals surface area contributed by atoms with Gasteiger partial charge < -0.3 is 19.1 Å². The molecule has 0 radical (unpaired) electrons. The van der Waals surface area contributed by atoms with E-state index in [1.807, 2.05) is 6.33 Å². The predicted octanol–water partition coefficient (Wildman–Crippen LogP) is 4.96. The van der Waals surface area contributed by atoms with Crippen molar-refractivity contribution in [1.82, 2.24) is 19.4 Å². The van der Waals surface area contributed by atoms with E-state index in [2.05, 4.69) is 106 Å². The first-order valence-corrected chi connectivity index (χ1v) is 15.3. The Balaban J connectivity index is 1.11. The minimum absolute atomic E-state index is 0.618. The maximum absolute atomic E-state index is 5.40. The molecular weight excluding hydrogens is 508 g/mol. The highest BCUT2D eigenvalue weighted by Gasteiger charge is 2.29. The van der Waals surface area contributed by atoms with Crippen LogP contribution in [-0.4, -0.2) is 97.0 Å². The summed E-state index contributed by atoms with van der Waals surface area (Å²) in [5.41, 5.74) is 9.70. The second-order valence-corrected chi connectivity index (χ2v) is 12.2. The Hall–Kier alpha value is -3.39. The lowest BCUT2D eigenvalue weighted by molar-refractivity contribution is -0.0660. The monoisotopic (exact) mass is 550 g/mol. The number of rotatable bonds is 6. The van der Waals surface area contributed by atoms with Gasteiger partial charge in [0.05, 0.1) is 36.6 Å². The highest BCUT2D eigenvalue weighted by atomic mass is 16.5. The summed E-state index contributed by atoms with van der Waals surface area (Å²) >= 11 is 0. The fourth-order valence-electron chi connectivity index (χ4n) is 6.61. The van der Waals surface area contributed by atoms with Gasteiger partial charge in [0.15, 0.2) is 0 Å². The highest BCUT2D eigenvalue weighted by molar-refractivity contribution is 5.96. The third kappa shape index (κ3) is 5.23. The molecule has 0 amide bonds. The average Bonchev–Trinajstić information content (AvgIpc) is 3.37. The Morgan fingerprint density at radius 1 is 0.707 bits per heavy atom. The largest absolute Gasteiger partial charge is 0.378 e. The average molecular weight is 551 g/mol. The molecular formula is C34H42N6O. The van der Waals surface area contributed by atoms with Gasteiger partial charge in [-0.2, -0.15) is 0 Å². The zero-order chi connectivity index (χ0) is 27.9. The number of nitrogens with zero attached hydrogens (tertiary/aromatic N) is 6. The van der Waals surface area contributed by atoms with Crippen molar-refractivity contribution in [2.75, 3.05) is 75.4 Å². The van der Waals surface area contributed by atoms with Crippen LogP contribution in [-0.2, 0) is 11.8 Å². The topological polar surface area (TPSA) is 40.0 Å². The molecule has 0 aliphatic carbocycles. The molecule has 3 saturated heterocycles. The maximum Gasteiger partial charge on any atom is 0.0963 e. The Morgan fingerprint density at radius 2 is 1.29 bits per heavy atom. The van der Waals surface area contributed by atoms with E-state index in [1.54, 1.807) is 0 Å². The van der Waals surface area contributed by atoms with Gasteiger partial charge in [0, 0.05) is 82.4 Å². The maximum atomic E-state index is 5.40. The van der Waals surface area contributed by atoms with Crippen molar-refractivity contribution in [3.05, 3.63) is 67.0 Å². The summed E-state index contributed by atoms with van der Waals surface area (Å²) in [7, 11) is 2.08. The van der Waals surface area contributed by atoms with Crippen LogP contribution in [0.2, 0.25) is 0 Å². The van der Waals surface area contributed by atoms with Crippen molar-refractivity contribution in [2.24, 2.45) is 7.05 Å². The summed E-state index contributed by atoms with van der Waals surface area (Å²) in [6.45, 7) is 15.2. The van der Waals surface area contributed by atoms with E-state index in [0.717, 1.165) is 76.6 Å². The van der Waals surface area contributed by atoms with Crippen LogP contribution >= 0.6 is 0 Å². The Bertz CT molecular complexity index is 1470. The molecule has 0 unspecified atom stereocenters. The summed E-state index contributed by atoms with van der Waals surface area (Å²) in [6.07, 6.45) is 1.93. The third-order valence-electron chi connectivity index (χ3n) is 9.43. The molecule has 4 aromatic rings. The molecule has 7 rings (SSSR count). The summed E-state index contributed by atoms with van der Waals surface area (Å²) in [5, 5.41) is 0. The lowest BCUT2D eigenvalue weighted by atomic mass is 9.97. The molecule has 7 nitrogen and oxygen atoms in total. The lowest BCUT2D eigenvalue weighted by Gasteiger charge is -2.43. The standard InChI is InChI=1S/C34H42N6O/c1-25(2)37-12-14-38(15-13-37)30-10-6-27(7-11-30)32-20-28(21-33-34(32)35-24-36(33)3)26-4-8-29(9-5-26)39-16-18-40(19-17-39)31-22-41-23-31/h4-11,20-21,24-25,31H,12-19,22-23H2,1-3H3. The molecule has 3 fully saturated rings. The number of imidazole rings is 1. The van der Waals surface area contributed by atoms with Crippen LogP contribution < -0.4 is 9.80 Å². The van der Waals surface area contributed by atoms with Gasteiger partial charge in [-0.05, 0) is 66.9 Å². The van der Waals surface area contributed by atoms with Crippen LogP contribution in [0.4, 0.5) is 11.4 Å². The van der Waals surface area contributed by atoms with E-state index >= 15 is 0 Å². The normalized spacial score (nSPS) is 19.3. The number of ether oxygens (including phenoxy) is 1. The van der Waals surface area contributed by atoms with Gasteiger partial charge in [-0.15, -0.1) is 0 Å². The first-order valence-electron chi connectivity index (χ1n) is 15.3. The molecule has 0 saturated carbocycles. The minimum atomic E-state index is 0.618. The molecule has 3 aliphatic rings. The van der Waals surface area contributed by atoms with E-state index in [9.17, 15) is 0 Å². The smallest absolute Gasteiger partial charge is 0.0963 e. The van der Waals surface area contributed by atoms with E-state index < -0.39 is 0 Å². The SMILES string of the molecule is CC(C)N1CCN(c2ccc(-c3cc(-c4ccc(N5CCN(C6COC6)CC5)cc4)cc4c3ncn4C)cc2)CC1. The van der Waals surface area contributed by atoms with Crippen LogP contribution in [0.5, 0.6) is 0 Å². The van der Waals surface area contributed by atoms with Gasteiger partial charge in [0.2, 0.25) is 0 Å². The van der Waals surface area contributed by atoms with E-state index in [0.29, 0.717) is 12.1 Å². The van der Waals surface area contributed by atoms with Crippen molar-refractivity contribution >= 4 is 22.4 Å². The highest BCUT2D eigenvalue weighted by Crippen LogP contribution is 2.35. The number of hydrogen-bond acceptors (Lipinski definition) is 6. The number of benzene rings is 3. The van der Waals surface area contributed by atoms with E-state index in [1.165, 1.54) is 33.6 Å².